The Kier molecular flexibility index (Phi) is 3.81. The van der Waals surface area contributed by atoms with Crippen LogP contribution in [0.1, 0.15) is 28.9 Å². The molecule has 0 radical (unpaired) electrons. The molecule has 1 aromatic heterocycles. The molecule has 0 atom stereocenters. The third kappa shape index (κ3) is 3.20. The molecule has 2 rings (SSSR count). The second-order valence-corrected chi connectivity index (χ2v) is 4.65. The van der Waals surface area contributed by atoms with Crippen LogP contribution in [0.15, 0.2) is 12.1 Å². The first-order valence-corrected chi connectivity index (χ1v) is 6.12. The molecule has 0 unspecified atom stereocenters. The Balaban J connectivity index is 1.85. The van der Waals surface area contributed by atoms with Crippen LogP contribution in [0.25, 0.3) is 0 Å². The third-order valence-corrected chi connectivity index (χ3v) is 3.15. The van der Waals surface area contributed by atoms with Gasteiger partial charge in [-0.2, -0.15) is 0 Å². The molecule has 0 saturated heterocycles. The molecule has 5 nitrogen and oxygen atoms in total. The molecule has 98 valence electrons. The molecule has 1 N–H and O–H groups in total. The molecule has 1 saturated carbocycles. The lowest BCUT2D eigenvalue weighted by Gasteiger charge is -2.15. The van der Waals surface area contributed by atoms with E-state index >= 15 is 0 Å². The van der Waals surface area contributed by atoms with Crippen LogP contribution in [0.4, 0.5) is 0 Å². The van der Waals surface area contributed by atoms with E-state index in [2.05, 4.69) is 16.9 Å². The highest BCUT2D eigenvalue weighted by Crippen LogP contribution is 2.24. The number of rotatable bonds is 6. The molecule has 1 aliphatic carbocycles. The summed E-state index contributed by atoms with van der Waals surface area (Å²) >= 11 is 0. The van der Waals surface area contributed by atoms with Gasteiger partial charge in [-0.25, -0.2) is 9.78 Å². The predicted molar refractivity (Wildman–Crippen MR) is 67.1 cm³/mol. The van der Waals surface area contributed by atoms with E-state index in [9.17, 15) is 4.79 Å². The molecule has 18 heavy (non-hydrogen) atoms. The zero-order valence-electron chi connectivity index (χ0n) is 10.7. The van der Waals surface area contributed by atoms with Crippen molar-refractivity contribution in [3.05, 3.63) is 23.4 Å². The summed E-state index contributed by atoms with van der Waals surface area (Å²) in [7, 11) is 2.09. The molecule has 1 aromatic rings. The van der Waals surface area contributed by atoms with Gasteiger partial charge in [0.2, 0.25) is 5.88 Å². The van der Waals surface area contributed by atoms with Crippen molar-refractivity contribution in [2.75, 3.05) is 20.2 Å². The van der Waals surface area contributed by atoms with Gasteiger partial charge in [0, 0.05) is 18.7 Å². The molecule has 0 aromatic carbocycles. The number of aryl methyl sites for hydroxylation is 1. The van der Waals surface area contributed by atoms with Crippen molar-refractivity contribution in [1.29, 1.82) is 0 Å². The van der Waals surface area contributed by atoms with E-state index in [1.54, 1.807) is 13.0 Å². The first kappa shape index (κ1) is 12.8. The molecule has 0 amide bonds. The van der Waals surface area contributed by atoms with Crippen LogP contribution in [0.5, 0.6) is 5.88 Å². The summed E-state index contributed by atoms with van der Waals surface area (Å²) in [6.45, 7) is 3.12. The zero-order valence-corrected chi connectivity index (χ0v) is 10.7. The van der Waals surface area contributed by atoms with E-state index in [4.69, 9.17) is 9.84 Å². The van der Waals surface area contributed by atoms with Crippen LogP contribution in [0.3, 0.4) is 0 Å². The van der Waals surface area contributed by atoms with Gasteiger partial charge < -0.3 is 14.7 Å². The van der Waals surface area contributed by atoms with Crippen molar-refractivity contribution >= 4 is 5.97 Å². The summed E-state index contributed by atoms with van der Waals surface area (Å²) in [5.74, 6) is -0.471. The quantitative estimate of drug-likeness (QED) is 0.830. The van der Waals surface area contributed by atoms with E-state index in [0.29, 0.717) is 18.2 Å². The molecule has 1 fully saturated rings. The molecule has 0 spiro atoms. The summed E-state index contributed by atoms with van der Waals surface area (Å²) in [5, 5.41) is 8.89. The molecular weight excluding hydrogens is 232 g/mol. The number of carboxylic acids is 1. The summed E-state index contributed by atoms with van der Waals surface area (Å²) in [4.78, 5) is 17.2. The Morgan fingerprint density at radius 1 is 1.56 bits per heavy atom. The van der Waals surface area contributed by atoms with E-state index < -0.39 is 5.97 Å². The van der Waals surface area contributed by atoms with Crippen LogP contribution in [0, 0.1) is 6.92 Å². The van der Waals surface area contributed by atoms with Gasteiger partial charge in [-0.05, 0) is 32.9 Å². The number of pyridine rings is 1. The summed E-state index contributed by atoms with van der Waals surface area (Å²) in [6, 6.07) is 3.86. The lowest BCUT2D eigenvalue weighted by Crippen LogP contribution is -2.26. The molecule has 0 bridgehead atoms. The topological polar surface area (TPSA) is 62.7 Å². The Labute approximate surface area is 106 Å². The maximum atomic E-state index is 10.8. The number of carbonyl (C=O) groups is 1. The molecular formula is C13H18N2O3. The average Bonchev–Trinajstić information content (AvgIpc) is 3.12. The molecule has 1 aliphatic rings. The normalized spacial score (nSPS) is 14.8. The lowest BCUT2D eigenvalue weighted by atomic mass is 10.2. The summed E-state index contributed by atoms with van der Waals surface area (Å²) in [6.07, 6.45) is 2.56. The Morgan fingerprint density at radius 2 is 2.28 bits per heavy atom. The molecule has 0 aliphatic heterocycles. The van der Waals surface area contributed by atoms with Crippen LogP contribution >= 0.6 is 0 Å². The van der Waals surface area contributed by atoms with E-state index in [0.717, 1.165) is 12.6 Å². The van der Waals surface area contributed by atoms with Gasteiger partial charge >= 0.3 is 5.97 Å². The number of aromatic carboxylic acids is 1. The Hall–Kier alpha value is -1.62. The van der Waals surface area contributed by atoms with E-state index in [1.165, 1.54) is 18.9 Å². The Bertz CT molecular complexity index is 444. The maximum Gasteiger partial charge on any atom is 0.337 e. The fourth-order valence-electron chi connectivity index (χ4n) is 1.84. The first-order chi connectivity index (χ1) is 8.58. The van der Waals surface area contributed by atoms with Crippen molar-refractivity contribution in [3.8, 4) is 5.88 Å². The third-order valence-electron chi connectivity index (χ3n) is 3.15. The predicted octanol–water partition coefficient (Wildman–Crippen LogP) is 1.56. The monoisotopic (exact) mass is 250 g/mol. The summed E-state index contributed by atoms with van der Waals surface area (Å²) in [5.41, 5.74) is 0.702. The van der Waals surface area contributed by atoms with Gasteiger partial charge in [0.25, 0.3) is 0 Å². The van der Waals surface area contributed by atoms with Crippen molar-refractivity contribution in [2.24, 2.45) is 0 Å². The number of hydrogen-bond acceptors (Lipinski definition) is 4. The highest BCUT2D eigenvalue weighted by atomic mass is 16.5. The highest BCUT2D eigenvalue weighted by Gasteiger charge is 2.25. The van der Waals surface area contributed by atoms with Gasteiger partial charge in [0.15, 0.2) is 0 Å². The second-order valence-electron chi connectivity index (χ2n) is 4.65. The van der Waals surface area contributed by atoms with Crippen LogP contribution < -0.4 is 4.74 Å². The largest absolute Gasteiger partial charge is 0.478 e. The molecule has 1 heterocycles. The maximum absolute atomic E-state index is 10.8. The van der Waals surface area contributed by atoms with Gasteiger partial charge in [-0.1, -0.05) is 0 Å². The van der Waals surface area contributed by atoms with Gasteiger partial charge in [0.05, 0.1) is 11.3 Å². The lowest BCUT2D eigenvalue weighted by molar-refractivity contribution is 0.0695. The van der Waals surface area contributed by atoms with E-state index in [1.807, 2.05) is 0 Å². The zero-order chi connectivity index (χ0) is 13.1. The fourth-order valence-corrected chi connectivity index (χ4v) is 1.84. The van der Waals surface area contributed by atoms with Gasteiger partial charge in [0.1, 0.15) is 6.61 Å². The fraction of sp³-hybridized carbons (Fsp3) is 0.538. The first-order valence-electron chi connectivity index (χ1n) is 6.12. The number of aromatic nitrogens is 1. The summed E-state index contributed by atoms with van der Waals surface area (Å²) < 4.78 is 5.52. The van der Waals surface area contributed by atoms with E-state index in [-0.39, 0.29) is 5.56 Å². The Morgan fingerprint density at radius 3 is 2.83 bits per heavy atom. The SMILES string of the molecule is Cc1nc(OCCN(C)C2CC2)ccc1C(=O)O. The second kappa shape index (κ2) is 5.35. The van der Waals surface area contributed by atoms with Crippen molar-refractivity contribution < 1.29 is 14.6 Å². The molecule has 5 heteroatoms. The van der Waals surface area contributed by atoms with Crippen molar-refractivity contribution in [2.45, 2.75) is 25.8 Å². The smallest absolute Gasteiger partial charge is 0.337 e. The minimum absolute atomic E-state index is 0.220. The highest BCUT2D eigenvalue weighted by molar-refractivity contribution is 5.88. The average molecular weight is 250 g/mol. The van der Waals surface area contributed by atoms with Crippen LogP contribution in [0.2, 0.25) is 0 Å². The minimum Gasteiger partial charge on any atom is -0.478 e. The minimum atomic E-state index is -0.958. The van der Waals surface area contributed by atoms with Crippen molar-refractivity contribution in [3.63, 3.8) is 0 Å². The number of likely N-dealkylation sites (N-methyl/N-ethyl adjacent to an activating group) is 1. The number of hydrogen-bond donors (Lipinski definition) is 1. The number of carboxylic acid groups (broad SMARTS) is 1. The van der Waals surface area contributed by atoms with Crippen LogP contribution in [-0.2, 0) is 0 Å². The number of ether oxygens (including phenoxy) is 1. The van der Waals surface area contributed by atoms with Crippen molar-refractivity contribution in [1.82, 2.24) is 9.88 Å². The van der Waals surface area contributed by atoms with Gasteiger partial charge in [-0.15, -0.1) is 0 Å². The standard InChI is InChI=1S/C13H18N2O3/c1-9-11(13(16)17)5-6-12(14-9)18-8-7-15(2)10-3-4-10/h5-6,10H,3-4,7-8H2,1-2H3,(H,16,17). The van der Waals surface area contributed by atoms with Gasteiger partial charge in [-0.3, -0.25) is 0 Å². The van der Waals surface area contributed by atoms with Crippen LogP contribution in [-0.4, -0.2) is 47.2 Å². The number of nitrogens with zero attached hydrogens (tertiary/aromatic N) is 2.